The number of para-hydroxylation sites is 1. The van der Waals surface area contributed by atoms with Crippen molar-refractivity contribution in [3.05, 3.63) is 69.5 Å². The molecule has 0 bridgehead atoms. The smallest absolute Gasteiger partial charge is 0.311 e. The number of phenols is 1. The Kier molecular flexibility index (Phi) is 4.76. The van der Waals surface area contributed by atoms with E-state index in [1.807, 2.05) is 0 Å². The molecule has 5 nitrogen and oxygen atoms in total. The Morgan fingerprint density at radius 3 is 2.72 bits per heavy atom. The third kappa shape index (κ3) is 3.37. The first-order valence-electron chi connectivity index (χ1n) is 7.79. The first kappa shape index (κ1) is 17.0. The van der Waals surface area contributed by atoms with Gasteiger partial charge in [0.25, 0.3) is 0 Å². The van der Waals surface area contributed by atoms with Crippen LogP contribution in [-0.4, -0.2) is 22.2 Å². The monoisotopic (exact) mass is 357 g/mol. The van der Waals surface area contributed by atoms with Crippen LogP contribution in [0.1, 0.15) is 12.6 Å². The molecule has 0 atom stereocenters. The zero-order valence-electron chi connectivity index (χ0n) is 13.5. The molecule has 128 valence electrons. The molecule has 25 heavy (non-hydrogen) atoms. The number of phenolic OH excluding ortho intramolecular Hbond substituents is 1. The third-order valence-corrected chi connectivity index (χ3v) is 4.04. The molecule has 3 aromatic rings. The average molecular weight is 358 g/mol. The lowest BCUT2D eigenvalue weighted by molar-refractivity contribution is -0.142. The molecule has 0 aliphatic heterocycles. The number of esters is 1. The van der Waals surface area contributed by atoms with Gasteiger partial charge in [-0.1, -0.05) is 23.7 Å². The van der Waals surface area contributed by atoms with Gasteiger partial charge in [0, 0.05) is 22.2 Å². The van der Waals surface area contributed by atoms with Crippen molar-refractivity contribution < 1.29 is 14.6 Å². The molecular formula is C19H16ClNO4. The van der Waals surface area contributed by atoms with E-state index in [0.717, 1.165) is 0 Å². The van der Waals surface area contributed by atoms with Gasteiger partial charge in [-0.15, -0.1) is 0 Å². The van der Waals surface area contributed by atoms with Gasteiger partial charge in [-0.05, 0) is 37.3 Å². The number of carbonyl (C=O) groups is 1. The van der Waals surface area contributed by atoms with E-state index in [9.17, 15) is 14.7 Å². The van der Waals surface area contributed by atoms with Gasteiger partial charge in [0.05, 0.1) is 24.2 Å². The second-order valence-electron chi connectivity index (χ2n) is 5.47. The number of benzene rings is 2. The van der Waals surface area contributed by atoms with Gasteiger partial charge in [-0.25, -0.2) is 0 Å². The van der Waals surface area contributed by atoms with Gasteiger partial charge in [0.2, 0.25) is 0 Å². The minimum absolute atomic E-state index is 0.0108. The quantitative estimate of drug-likeness (QED) is 0.726. The largest absolute Gasteiger partial charge is 0.506 e. The van der Waals surface area contributed by atoms with E-state index in [1.165, 1.54) is 12.1 Å². The summed E-state index contributed by atoms with van der Waals surface area (Å²) >= 11 is 6.08. The van der Waals surface area contributed by atoms with Crippen molar-refractivity contribution in [2.24, 2.45) is 0 Å². The highest BCUT2D eigenvalue weighted by Crippen LogP contribution is 2.29. The van der Waals surface area contributed by atoms with E-state index in [0.29, 0.717) is 27.3 Å². The number of nitrogens with zero attached hydrogens (tertiary/aromatic N) is 1. The van der Waals surface area contributed by atoms with Crippen molar-refractivity contribution >= 4 is 28.5 Å². The van der Waals surface area contributed by atoms with Crippen LogP contribution in [-0.2, 0) is 16.0 Å². The van der Waals surface area contributed by atoms with Gasteiger partial charge in [-0.3, -0.25) is 9.59 Å². The maximum Gasteiger partial charge on any atom is 0.311 e. The Bertz CT molecular complexity index is 1010. The van der Waals surface area contributed by atoms with Crippen molar-refractivity contribution in [3.8, 4) is 11.4 Å². The summed E-state index contributed by atoms with van der Waals surface area (Å²) in [5.41, 5.74) is 1.18. The van der Waals surface area contributed by atoms with Crippen molar-refractivity contribution in [3.63, 3.8) is 0 Å². The fraction of sp³-hybridized carbons (Fsp3) is 0.158. The number of pyridine rings is 1. The first-order chi connectivity index (χ1) is 12.0. The van der Waals surface area contributed by atoms with E-state index < -0.39 is 5.97 Å². The maximum atomic E-state index is 12.4. The normalized spacial score (nSPS) is 10.8. The van der Waals surface area contributed by atoms with E-state index in [-0.39, 0.29) is 24.2 Å². The van der Waals surface area contributed by atoms with E-state index in [1.54, 1.807) is 47.9 Å². The average Bonchev–Trinajstić information content (AvgIpc) is 2.58. The fourth-order valence-corrected chi connectivity index (χ4v) is 2.94. The molecule has 1 aromatic heterocycles. The Balaban J connectivity index is 2.33. The van der Waals surface area contributed by atoms with Crippen molar-refractivity contribution in [1.82, 2.24) is 4.57 Å². The van der Waals surface area contributed by atoms with Crippen LogP contribution in [0.5, 0.6) is 5.75 Å². The number of rotatable bonds is 4. The highest BCUT2D eigenvalue weighted by atomic mass is 35.5. The van der Waals surface area contributed by atoms with Crippen LogP contribution in [0.25, 0.3) is 16.6 Å². The van der Waals surface area contributed by atoms with Gasteiger partial charge < -0.3 is 14.4 Å². The molecule has 0 saturated heterocycles. The van der Waals surface area contributed by atoms with Crippen molar-refractivity contribution in [2.75, 3.05) is 6.61 Å². The summed E-state index contributed by atoms with van der Waals surface area (Å²) in [4.78, 5) is 24.4. The minimum atomic E-state index is -0.451. The molecule has 0 spiro atoms. The number of hydrogen-bond acceptors (Lipinski definition) is 4. The number of halogens is 1. The topological polar surface area (TPSA) is 68.5 Å². The van der Waals surface area contributed by atoms with Crippen molar-refractivity contribution in [2.45, 2.75) is 13.3 Å². The Labute approximate surface area is 149 Å². The predicted molar refractivity (Wildman–Crippen MR) is 96.6 cm³/mol. The molecule has 0 unspecified atom stereocenters. The fourth-order valence-electron chi connectivity index (χ4n) is 2.78. The van der Waals surface area contributed by atoms with Crippen LogP contribution in [0, 0.1) is 0 Å². The third-order valence-electron chi connectivity index (χ3n) is 3.80. The minimum Gasteiger partial charge on any atom is -0.506 e. The van der Waals surface area contributed by atoms with Crippen LogP contribution in [0.3, 0.4) is 0 Å². The molecular weight excluding hydrogens is 342 g/mol. The zero-order valence-corrected chi connectivity index (χ0v) is 14.3. The summed E-state index contributed by atoms with van der Waals surface area (Å²) < 4.78 is 6.66. The molecule has 0 amide bonds. The number of ether oxygens (including phenoxy) is 1. The Morgan fingerprint density at radius 1 is 1.20 bits per heavy atom. The summed E-state index contributed by atoms with van der Waals surface area (Å²) in [6.45, 7) is 1.97. The summed E-state index contributed by atoms with van der Waals surface area (Å²) in [5, 5.41) is 11.2. The SMILES string of the molecule is CCOC(=O)Cc1cc(=O)c2ccccc2n1-c1cc(Cl)ccc1O. The lowest BCUT2D eigenvalue weighted by atomic mass is 10.1. The molecule has 6 heteroatoms. The number of carbonyl (C=O) groups excluding carboxylic acids is 1. The van der Waals surface area contributed by atoms with Crippen molar-refractivity contribution in [1.29, 1.82) is 0 Å². The number of aromatic nitrogens is 1. The van der Waals surface area contributed by atoms with Gasteiger partial charge in [0.15, 0.2) is 5.43 Å². The van der Waals surface area contributed by atoms with Crippen LogP contribution in [0.2, 0.25) is 5.02 Å². The standard InChI is InChI=1S/C19H16ClNO4/c1-2-25-19(24)11-13-10-18(23)14-5-3-4-6-15(14)21(13)16-9-12(20)7-8-17(16)22/h3-10,22H,2,11H2,1H3. The van der Waals surface area contributed by atoms with Crippen LogP contribution in [0.4, 0.5) is 0 Å². The highest BCUT2D eigenvalue weighted by Gasteiger charge is 2.16. The first-order valence-corrected chi connectivity index (χ1v) is 8.17. The molecule has 3 rings (SSSR count). The van der Waals surface area contributed by atoms with Crippen LogP contribution >= 0.6 is 11.6 Å². The molecule has 1 N–H and O–H groups in total. The van der Waals surface area contributed by atoms with Gasteiger partial charge in [-0.2, -0.15) is 0 Å². The molecule has 2 aromatic carbocycles. The van der Waals surface area contributed by atoms with E-state index >= 15 is 0 Å². The second kappa shape index (κ2) is 6.99. The lowest BCUT2D eigenvalue weighted by Gasteiger charge is -2.18. The highest BCUT2D eigenvalue weighted by molar-refractivity contribution is 6.30. The van der Waals surface area contributed by atoms with Gasteiger partial charge >= 0.3 is 5.97 Å². The molecule has 1 heterocycles. The summed E-state index contributed by atoms with van der Waals surface area (Å²) in [7, 11) is 0. The number of fused-ring (bicyclic) bond motifs is 1. The lowest BCUT2D eigenvalue weighted by Crippen LogP contribution is -2.17. The number of aromatic hydroxyl groups is 1. The maximum absolute atomic E-state index is 12.4. The van der Waals surface area contributed by atoms with E-state index in [4.69, 9.17) is 16.3 Å². The second-order valence-corrected chi connectivity index (χ2v) is 5.90. The molecule has 0 fully saturated rings. The predicted octanol–water partition coefficient (Wildman–Crippen LogP) is 3.46. The van der Waals surface area contributed by atoms with Gasteiger partial charge in [0.1, 0.15) is 5.75 Å². The summed E-state index contributed by atoms with van der Waals surface area (Å²) in [5.74, 6) is -0.462. The van der Waals surface area contributed by atoms with Crippen LogP contribution in [0.15, 0.2) is 53.3 Å². The zero-order chi connectivity index (χ0) is 18.0. The molecule has 0 aliphatic carbocycles. The number of hydrogen-bond donors (Lipinski definition) is 1. The van der Waals surface area contributed by atoms with E-state index in [2.05, 4.69) is 0 Å². The Hall–Kier alpha value is -2.79. The molecule has 0 radical (unpaired) electrons. The Morgan fingerprint density at radius 2 is 1.96 bits per heavy atom. The molecule has 0 saturated carbocycles. The summed E-state index contributed by atoms with van der Waals surface area (Å²) in [6.07, 6.45) is -0.0974. The molecule has 0 aliphatic rings. The summed E-state index contributed by atoms with van der Waals surface area (Å²) in [6, 6.07) is 13.0. The van der Waals surface area contributed by atoms with Crippen LogP contribution < -0.4 is 5.43 Å².